The predicted molar refractivity (Wildman–Crippen MR) is 64.3 cm³/mol. The van der Waals surface area contributed by atoms with E-state index in [9.17, 15) is 4.79 Å². The molecule has 0 spiro atoms. The first-order chi connectivity index (χ1) is 7.72. The first-order valence-electron chi connectivity index (χ1n) is 5.27. The third-order valence-corrected chi connectivity index (χ3v) is 2.15. The maximum absolute atomic E-state index is 10.9. The van der Waals surface area contributed by atoms with Gasteiger partial charge in [-0.15, -0.1) is 0 Å². The minimum atomic E-state index is -0.406. The molecule has 1 unspecified atom stereocenters. The van der Waals surface area contributed by atoms with Crippen LogP contribution < -0.4 is 5.32 Å². The quantitative estimate of drug-likeness (QED) is 0.790. The van der Waals surface area contributed by atoms with Gasteiger partial charge in [0.05, 0.1) is 7.11 Å². The van der Waals surface area contributed by atoms with E-state index in [1.165, 1.54) is 12.7 Å². The summed E-state index contributed by atoms with van der Waals surface area (Å²) in [5.74, 6) is 0. The van der Waals surface area contributed by atoms with Crippen molar-refractivity contribution in [2.75, 3.05) is 7.11 Å². The molecule has 0 heterocycles. The van der Waals surface area contributed by atoms with E-state index in [-0.39, 0.29) is 6.04 Å². The lowest BCUT2D eigenvalue weighted by atomic mass is 10.1. The topological polar surface area (TPSA) is 38.3 Å². The van der Waals surface area contributed by atoms with E-state index in [1.807, 2.05) is 37.3 Å². The Morgan fingerprint density at radius 2 is 2.12 bits per heavy atom. The minimum absolute atomic E-state index is 0.0174. The van der Waals surface area contributed by atoms with E-state index < -0.39 is 6.09 Å². The largest absolute Gasteiger partial charge is 0.453 e. The van der Waals surface area contributed by atoms with E-state index in [1.54, 1.807) is 0 Å². The van der Waals surface area contributed by atoms with Crippen molar-refractivity contribution < 1.29 is 9.53 Å². The molecule has 0 fully saturated rings. The standard InChI is InChI=1S/C13H17NO2/c1-11(14-13(15)16-2)7-6-10-12-8-4-3-5-9-12/h3-9,11H,10H2,1-2H3,(H,14,15)/b7-6+. The van der Waals surface area contributed by atoms with Crippen molar-refractivity contribution in [1.29, 1.82) is 0 Å². The van der Waals surface area contributed by atoms with Crippen LogP contribution in [0, 0.1) is 0 Å². The maximum atomic E-state index is 10.9. The molecule has 0 saturated heterocycles. The first kappa shape index (κ1) is 12.3. The van der Waals surface area contributed by atoms with Gasteiger partial charge in [0.1, 0.15) is 0 Å². The van der Waals surface area contributed by atoms with Crippen molar-refractivity contribution in [1.82, 2.24) is 5.32 Å². The lowest BCUT2D eigenvalue weighted by Gasteiger charge is -2.07. The number of nitrogens with one attached hydrogen (secondary N) is 1. The van der Waals surface area contributed by atoms with Crippen LogP contribution in [0.25, 0.3) is 0 Å². The van der Waals surface area contributed by atoms with Crippen LogP contribution in [0.4, 0.5) is 4.79 Å². The molecule has 0 aliphatic heterocycles. The van der Waals surface area contributed by atoms with Crippen molar-refractivity contribution in [3.63, 3.8) is 0 Å². The molecule has 1 rings (SSSR count). The third-order valence-electron chi connectivity index (χ3n) is 2.15. The number of ether oxygens (including phenoxy) is 1. The van der Waals surface area contributed by atoms with Crippen molar-refractivity contribution >= 4 is 6.09 Å². The van der Waals surface area contributed by atoms with Crippen molar-refractivity contribution in [3.05, 3.63) is 48.0 Å². The molecule has 1 atom stereocenters. The second-order valence-corrected chi connectivity index (χ2v) is 3.54. The summed E-state index contributed by atoms with van der Waals surface area (Å²) < 4.78 is 4.50. The van der Waals surface area contributed by atoms with Crippen LogP contribution >= 0.6 is 0 Å². The van der Waals surface area contributed by atoms with Gasteiger partial charge in [-0.2, -0.15) is 0 Å². The summed E-state index contributed by atoms with van der Waals surface area (Å²) >= 11 is 0. The normalized spacial score (nSPS) is 12.4. The fourth-order valence-corrected chi connectivity index (χ4v) is 1.32. The zero-order valence-corrected chi connectivity index (χ0v) is 9.64. The van der Waals surface area contributed by atoms with Gasteiger partial charge in [-0.3, -0.25) is 0 Å². The van der Waals surface area contributed by atoms with E-state index in [4.69, 9.17) is 0 Å². The van der Waals surface area contributed by atoms with Gasteiger partial charge in [-0.25, -0.2) is 4.79 Å². The van der Waals surface area contributed by atoms with Crippen LogP contribution in [0.1, 0.15) is 12.5 Å². The molecular weight excluding hydrogens is 202 g/mol. The molecule has 0 aromatic heterocycles. The number of carbonyl (C=O) groups excluding carboxylic acids is 1. The van der Waals surface area contributed by atoms with Crippen LogP contribution in [0.15, 0.2) is 42.5 Å². The van der Waals surface area contributed by atoms with Gasteiger partial charge in [-0.1, -0.05) is 42.5 Å². The second-order valence-electron chi connectivity index (χ2n) is 3.54. The Morgan fingerprint density at radius 3 is 2.75 bits per heavy atom. The van der Waals surface area contributed by atoms with E-state index in [0.717, 1.165) is 6.42 Å². The fraction of sp³-hybridized carbons (Fsp3) is 0.308. The molecule has 3 nitrogen and oxygen atoms in total. The van der Waals surface area contributed by atoms with Gasteiger partial charge >= 0.3 is 6.09 Å². The van der Waals surface area contributed by atoms with Gasteiger partial charge in [0.15, 0.2) is 0 Å². The zero-order chi connectivity index (χ0) is 11.8. The average Bonchev–Trinajstić information content (AvgIpc) is 2.30. The highest BCUT2D eigenvalue weighted by molar-refractivity contribution is 5.67. The van der Waals surface area contributed by atoms with Crippen molar-refractivity contribution in [2.45, 2.75) is 19.4 Å². The molecule has 1 N–H and O–H groups in total. The Labute approximate surface area is 96.1 Å². The molecule has 1 aromatic rings. The van der Waals surface area contributed by atoms with Crippen LogP contribution in [-0.4, -0.2) is 19.2 Å². The summed E-state index contributed by atoms with van der Waals surface area (Å²) in [4.78, 5) is 10.9. The number of hydrogen-bond donors (Lipinski definition) is 1. The molecule has 3 heteroatoms. The van der Waals surface area contributed by atoms with Gasteiger partial charge in [-0.05, 0) is 18.9 Å². The molecule has 0 radical (unpaired) electrons. The maximum Gasteiger partial charge on any atom is 0.407 e. The SMILES string of the molecule is COC(=O)NC(C)/C=C/Cc1ccccc1. The summed E-state index contributed by atoms with van der Waals surface area (Å²) in [7, 11) is 1.36. The molecule has 0 saturated carbocycles. The van der Waals surface area contributed by atoms with Gasteiger partial charge in [0.25, 0.3) is 0 Å². The van der Waals surface area contributed by atoms with Crippen LogP contribution in [0.5, 0.6) is 0 Å². The number of alkyl carbamates (subject to hydrolysis) is 1. The van der Waals surface area contributed by atoms with E-state index in [0.29, 0.717) is 0 Å². The van der Waals surface area contributed by atoms with Crippen LogP contribution in [0.3, 0.4) is 0 Å². The fourth-order valence-electron chi connectivity index (χ4n) is 1.32. The number of rotatable bonds is 4. The lowest BCUT2D eigenvalue weighted by Crippen LogP contribution is -2.30. The number of methoxy groups -OCH3 is 1. The highest BCUT2D eigenvalue weighted by Gasteiger charge is 2.01. The summed E-state index contributed by atoms with van der Waals surface area (Å²) in [6.45, 7) is 1.90. The van der Waals surface area contributed by atoms with Crippen LogP contribution in [0.2, 0.25) is 0 Å². The minimum Gasteiger partial charge on any atom is -0.453 e. The molecule has 16 heavy (non-hydrogen) atoms. The predicted octanol–water partition coefficient (Wildman–Crippen LogP) is 2.53. The Morgan fingerprint density at radius 1 is 1.44 bits per heavy atom. The van der Waals surface area contributed by atoms with Gasteiger partial charge in [0, 0.05) is 6.04 Å². The summed E-state index contributed by atoms with van der Waals surface area (Å²) in [5.41, 5.74) is 1.25. The number of amides is 1. The number of benzene rings is 1. The lowest BCUT2D eigenvalue weighted by molar-refractivity contribution is 0.169. The highest BCUT2D eigenvalue weighted by Crippen LogP contribution is 2.00. The number of hydrogen-bond acceptors (Lipinski definition) is 2. The molecule has 0 aliphatic carbocycles. The molecule has 1 amide bonds. The number of carbonyl (C=O) groups is 1. The van der Waals surface area contributed by atoms with Gasteiger partial charge in [0.2, 0.25) is 0 Å². The summed E-state index contributed by atoms with van der Waals surface area (Å²) in [6.07, 6.45) is 4.45. The van der Waals surface area contributed by atoms with Crippen molar-refractivity contribution in [3.8, 4) is 0 Å². The number of allylic oxidation sites excluding steroid dienone is 1. The Bertz CT molecular complexity index is 346. The monoisotopic (exact) mass is 219 g/mol. The Hall–Kier alpha value is -1.77. The van der Waals surface area contributed by atoms with Crippen molar-refractivity contribution in [2.24, 2.45) is 0 Å². The first-order valence-corrected chi connectivity index (χ1v) is 5.27. The smallest absolute Gasteiger partial charge is 0.407 e. The summed E-state index contributed by atoms with van der Waals surface area (Å²) in [5, 5.41) is 2.67. The average molecular weight is 219 g/mol. The Balaban J connectivity index is 2.34. The molecule has 0 bridgehead atoms. The van der Waals surface area contributed by atoms with Crippen LogP contribution in [-0.2, 0) is 11.2 Å². The molecule has 0 aliphatic rings. The third kappa shape index (κ3) is 4.64. The molecular formula is C13H17NO2. The second kappa shape index (κ2) is 6.67. The molecule has 1 aromatic carbocycles. The highest BCUT2D eigenvalue weighted by atomic mass is 16.5. The van der Waals surface area contributed by atoms with Gasteiger partial charge < -0.3 is 10.1 Å². The Kier molecular flexibility index (Phi) is 5.12. The van der Waals surface area contributed by atoms with E-state index >= 15 is 0 Å². The molecule has 86 valence electrons. The zero-order valence-electron chi connectivity index (χ0n) is 9.64. The van der Waals surface area contributed by atoms with E-state index in [2.05, 4.69) is 22.2 Å². The summed E-state index contributed by atoms with van der Waals surface area (Å²) in [6, 6.07) is 10.1.